The predicted molar refractivity (Wildman–Crippen MR) is 124 cm³/mol. The third kappa shape index (κ3) is 5.29. The quantitative estimate of drug-likeness (QED) is 0.264. The molecule has 0 spiro atoms. The summed E-state index contributed by atoms with van der Waals surface area (Å²) in [5, 5.41) is 16.3. The number of rotatable bonds is 5. The topological polar surface area (TPSA) is 99.6 Å². The number of aromatic nitrogens is 2. The predicted octanol–water partition coefficient (Wildman–Crippen LogP) is 5.34. The van der Waals surface area contributed by atoms with Gasteiger partial charge in [-0.1, -0.05) is 48.3 Å². The lowest BCUT2D eigenvalue weighted by Gasteiger charge is -2.19. The van der Waals surface area contributed by atoms with E-state index in [4.69, 9.17) is 16.3 Å². The largest absolute Gasteiger partial charge is 0.486 e. The molecule has 0 N–H and O–H groups in total. The van der Waals surface area contributed by atoms with Crippen molar-refractivity contribution in [1.29, 1.82) is 0 Å². The second-order valence-electron chi connectivity index (χ2n) is 8.13. The number of hydrogen-bond acceptors (Lipinski definition) is 6. The summed E-state index contributed by atoms with van der Waals surface area (Å²) >= 11 is 9.44. The van der Waals surface area contributed by atoms with Gasteiger partial charge in [0.05, 0.1) is 28.6 Å². The van der Waals surface area contributed by atoms with Crippen LogP contribution in [0.1, 0.15) is 32.2 Å². The van der Waals surface area contributed by atoms with E-state index in [1.807, 2.05) is 20.8 Å². The molecule has 0 aliphatic rings. The smallest absolute Gasteiger partial charge is 0.313 e. The monoisotopic (exact) mass is 506 g/mol. The molecule has 0 saturated carbocycles. The molecule has 31 heavy (non-hydrogen) atoms. The molecule has 10 heteroatoms. The van der Waals surface area contributed by atoms with Gasteiger partial charge in [-0.3, -0.25) is 14.9 Å². The van der Waals surface area contributed by atoms with Crippen molar-refractivity contribution < 1.29 is 9.66 Å². The lowest BCUT2D eigenvalue weighted by molar-refractivity contribution is -0.385. The highest BCUT2D eigenvalue weighted by Gasteiger charge is 2.23. The van der Waals surface area contributed by atoms with Crippen molar-refractivity contribution in [3.63, 3.8) is 0 Å². The summed E-state index contributed by atoms with van der Waals surface area (Å²) in [6, 6.07) is 7.93. The van der Waals surface area contributed by atoms with Crippen molar-refractivity contribution in [2.45, 2.75) is 27.7 Å². The fraction of sp³-hybridized carbons (Fsp3) is 0.286. The minimum absolute atomic E-state index is 0.0373. The van der Waals surface area contributed by atoms with Crippen LogP contribution >= 0.6 is 27.5 Å². The van der Waals surface area contributed by atoms with Gasteiger partial charge in [-0.2, -0.15) is 9.78 Å². The van der Waals surface area contributed by atoms with Crippen molar-refractivity contribution in [3.05, 3.63) is 71.7 Å². The Morgan fingerprint density at radius 3 is 2.68 bits per heavy atom. The highest BCUT2D eigenvalue weighted by molar-refractivity contribution is 9.10. The molecule has 3 rings (SSSR count). The molecular weight excluding hydrogens is 488 g/mol. The summed E-state index contributed by atoms with van der Waals surface area (Å²) in [5.74, 6) is 0.403. The van der Waals surface area contributed by atoms with Gasteiger partial charge in [-0.15, -0.1) is 0 Å². The molecule has 0 unspecified atom stereocenters. The number of ether oxygens (including phenoxy) is 1. The zero-order chi connectivity index (χ0) is 22.9. The van der Waals surface area contributed by atoms with Crippen LogP contribution in [0, 0.1) is 22.5 Å². The average molecular weight is 508 g/mol. The number of nitro benzene ring substituents is 1. The SMILES string of the molecule is Cc1nc2ccc(Br)cc2c(=O)n1N=Cc1cc(Cl)cc([N+](=O)[O-])c1OCC(C)(C)C. The van der Waals surface area contributed by atoms with Gasteiger partial charge in [0.25, 0.3) is 5.56 Å². The van der Waals surface area contributed by atoms with Gasteiger partial charge in [0.2, 0.25) is 5.75 Å². The summed E-state index contributed by atoms with van der Waals surface area (Å²) in [7, 11) is 0. The van der Waals surface area contributed by atoms with Gasteiger partial charge in [0.15, 0.2) is 0 Å². The van der Waals surface area contributed by atoms with Crippen molar-refractivity contribution in [1.82, 2.24) is 9.66 Å². The summed E-state index contributed by atoms with van der Waals surface area (Å²) in [6.07, 6.45) is 1.32. The molecule has 1 aromatic heterocycles. The van der Waals surface area contributed by atoms with Crippen LogP contribution in [0.2, 0.25) is 5.02 Å². The standard InChI is InChI=1S/C21H20BrClN4O4/c1-12-25-17-6-5-14(22)8-16(17)20(28)26(12)24-10-13-7-15(23)9-18(27(29)30)19(13)31-11-21(2,3)4/h5-10H,11H2,1-4H3. The fourth-order valence-electron chi connectivity index (χ4n) is 2.79. The van der Waals surface area contributed by atoms with Crippen molar-refractivity contribution in [3.8, 4) is 5.75 Å². The van der Waals surface area contributed by atoms with Crippen molar-refractivity contribution >= 4 is 50.3 Å². The molecule has 0 fully saturated rings. The molecule has 162 valence electrons. The van der Waals surface area contributed by atoms with Gasteiger partial charge < -0.3 is 4.74 Å². The summed E-state index contributed by atoms with van der Waals surface area (Å²) in [6.45, 7) is 7.73. The molecule has 1 heterocycles. The number of nitrogens with zero attached hydrogens (tertiary/aromatic N) is 4. The molecule has 8 nitrogen and oxygen atoms in total. The maximum Gasteiger partial charge on any atom is 0.313 e. The molecule has 0 saturated heterocycles. The van der Waals surface area contributed by atoms with E-state index >= 15 is 0 Å². The fourth-order valence-corrected chi connectivity index (χ4v) is 3.37. The Labute approximate surface area is 191 Å². The van der Waals surface area contributed by atoms with Crippen LogP contribution in [0.4, 0.5) is 5.69 Å². The number of hydrogen-bond donors (Lipinski definition) is 0. The minimum atomic E-state index is -0.562. The van der Waals surface area contributed by atoms with E-state index in [9.17, 15) is 14.9 Å². The first-order valence-electron chi connectivity index (χ1n) is 9.30. The lowest BCUT2D eigenvalue weighted by Crippen LogP contribution is -2.21. The second kappa shape index (κ2) is 8.76. The number of benzene rings is 2. The van der Waals surface area contributed by atoms with Gasteiger partial charge in [0, 0.05) is 21.1 Å². The zero-order valence-corrected chi connectivity index (χ0v) is 19.7. The Morgan fingerprint density at radius 2 is 2.03 bits per heavy atom. The average Bonchev–Trinajstić information content (AvgIpc) is 2.66. The molecule has 0 bridgehead atoms. The molecule has 3 aromatic rings. The van der Waals surface area contributed by atoms with E-state index in [1.165, 1.54) is 18.3 Å². The van der Waals surface area contributed by atoms with Gasteiger partial charge >= 0.3 is 5.69 Å². The molecule has 0 aliphatic carbocycles. The normalized spacial score (nSPS) is 11.9. The van der Waals surface area contributed by atoms with Crippen LogP contribution in [-0.2, 0) is 0 Å². The maximum atomic E-state index is 12.9. The molecular formula is C21H20BrClN4O4. The third-order valence-corrected chi connectivity index (χ3v) is 4.90. The van der Waals surface area contributed by atoms with Crippen LogP contribution in [0.5, 0.6) is 5.75 Å². The first kappa shape index (κ1) is 22.9. The highest BCUT2D eigenvalue weighted by atomic mass is 79.9. The minimum Gasteiger partial charge on any atom is -0.486 e. The van der Waals surface area contributed by atoms with Crippen molar-refractivity contribution in [2.24, 2.45) is 10.5 Å². The molecule has 0 radical (unpaired) electrons. The first-order chi connectivity index (χ1) is 14.5. The lowest BCUT2D eigenvalue weighted by atomic mass is 9.98. The van der Waals surface area contributed by atoms with Crippen molar-refractivity contribution in [2.75, 3.05) is 6.61 Å². The van der Waals surface area contributed by atoms with Gasteiger partial charge in [-0.25, -0.2) is 4.98 Å². The third-order valence-electron chi connectivity index (χ3n) is 4.19. The molecule has 0 atom stereocenters. The molecule has 0 aliphatic heterocycles. The second-order valence-corrected chi connectivity index (χ2v) is 9.48. The van der Waals surface area contributed by atoms with E-state index < -0.39 is 4.92 Å². The number of fused-ring (bicyclic) bond motifs is 1. The number of nitro groups is 1. The van der Waals surface area contributed by atoms with Crippen LogP contribution in [0.15, 0.2) is 44.7 Å². The molecule has 2 aromatic carbocycles. The number of halogens is 2. The van der Waals surface area contributed by atoms with E-state index in [0.717, 1.165) is 9.15 Å². The maximum absolute atomic E-state index is 12.9. The van der Waals surface area contributed by atoms with Crippen LogP contribution in [0.25, 0.3) is 10.9 Å². The number of aryl methyl sites for hydroxylation is 1. The zero-order valence-electron chi connectivity index (χ0n) is 17.3. The van der Waals surface area contributed by atoms with Crippen LogP contribution in [0.3, 0.4) is 0 Å². The summed E-state index contributed by atoms with van der Waals surface area (Å²) in [4.78, 5) is 28.3. The summed E-state index contributed by atoms with van der Waals surface area (Å²) in [5.41, 5.74) is -0.0455. The highest BCUT2D eigenvalue weighted by Crippen LogP contribution is 2.35. The Bertz CT molecular complexity index is 1260. The first-order valence-corrected chi connectivity index (χ1v) is 10.5. The van der Waals surface area contributed by atoms with Gasteiger partial charge in [-0.05, 0) is 36.6 Å². The van der Waals surface area contributed by atoms with E-state index in [1.54, 1.807) is 25.1 Å². The Balaban J connectivity index is 2.14. The van der Waals surface area contributed by atoms with Gasteiger partial charge in [0.1, 0.15) is 5.82 Å². The van der Waals surface area contributed by atoms with E-state index in [-0.39, 0.29) is 39.6 Å². The molecule has 0 amide bonds. The Morgan fingerprint density at radius 1 is 1.32 bits per heavy atom. The van der Waals surface area contributed by atoms with Crippen LogP contribution < -0.4 is 10.3 Å². The van der Waals surface area contributed by atoms with Crippen LogP contribution in [-0.4, -0.2) is 27.4 Å². The van der Waals surface area contributed by atoms with E-state index in [2.05, 4.69) is 26.0 Å². The summed E-state index contributed by atoms with van der Waals surface area (Å²) < 4.78 is 7.65. The van der Waals surface area contributed by atoms with E-state index in [0.29, 0.717) is 16.7 Å². The Kier molecular flexibility index (Phi) is 6.47. The Hall–Kier alpha value is -2.78.